The molecule has 1 amide bonds. The summed E-state index contributed by atoms with van der Waals surface area (Å²) in [6.45, 7) is 4.39. The summed E-state index contributed by atoms with van der Waals surface area (Å²) in [4.78, 5) is 36.7. The van der Waals surface area contributed by atoms with Crippen LogP contribution in [0.5, 0.6) is 0 Å². The first kappa shape index (κ1) is 30.0. The first-order chi connectivity index (χ1) is 15.0. The number of hydrogen-bond donors (Lipinski definition) is 1. The van der Waals surface area contributed by atoms with Gasteiger partial charge in [0.25, 0.3) is 0 Å². The highest BCUT2D eigenvalue weighted by atomic mass is 32.2. The van der Waals surface area contributed by atoms with Crippen molar-refractivity contribution in [1.29, 1.82) is 0 Å². The van der Waals surface area contributed by atoms with Gasteiger partial charge >= 0.3 is 11.9 Å². The molecule has 0 spiro atoms. The van der Waals surface area contributed by atoms with Crippen molar-refractivity contribution >= 4 is 29.6 Å². The molecule has 0 fully saturated rings. The Balaban J connectivity index is 4.14. The minimum Gasteiger partial charge on any atom is -0.392 e. The van der Waals surface area contributed by atoms with Crippen molar-refractivity contribution in [3.8, 4) is 0 Å². The molecule has 6 heteroatoms. The van der Waals surface area contributed by atoms with Gasteiger partial charge < -0.3 is 10.1 Å². The summed E-state index contributed by atoms with van der Waals surface area (Å²) >= 11 is 1.61. The highest BCUT2D eigenvalue weighted by Crippen LogP contribution is 2.11. The van der Waals surface area contributed by atoms with Gasteiger partial charge in [-0.05, 0) is 31.3 Å². The second kappa shape index (κ2) is 22.2. The van der Waals surface area contributed by atoms with E-state index in [0.29, 0.717) is 12.8 Å². The summed E-state index contributed by atoms with van der Waals surface area (Å²) < 4.78 is 5.03. The molecule has 0 saturated carbocycles. The van der Waals surface area contributed by atoms with E-state index in [4.69, 9.17) is 4.74 Å². The van der Waals surface area contributed by atoms with Crippen molar-refractivity contribution in [2.45, 2.75) is 129 Å². The zero-order valence-electron chi connectivity index (χ0n) is 20.3. The van der Waals surface area contributed by atoms with Crippen LogP contribution in [0.25, 0.3) is 0 Å². The average Bonchev–Trinajstić information content (AvgIpc) is 2.75. The highest BCUT2D eigenvalue weighted by molar-refractivity contribution is 7.98. The minimum absolute atomic E-state index is 0.129. The Bertz CT molecular complexity index is 470. The molecule has 1 N–H and O–H groups in total. The predicted octanol–water partition coefficient (Wildman–Crippen LogP) is 6.58. The first-order valence-electron chi connectivity index (χ1n) is 12.6. The van der Waals surface area contributed by atoms with Crippen LogP contribution in [-0.4, -0.2) is 35.9 Å². The molecule has 31 heavy (non-hydrogen) atoms. The lowest BCUT2D eigenvalue weighted by molar-refractivity contribution is -0.162. The highest BCUT2D eigenvalue weighted by Gasteiger charge is 2.24. The largest absolute Gasteiger partial charge is 0.392 e. The molecule has 182 valence electrons. The molecule has 0 aliphatic carbocycles. The summed E-state index contributed by atoms with van der Waals surface area (Å²) in [5.41, 5.74) is 0. The van der Waals surface area contributed by atoms with Crippen molar-refractivity contribution in [1.82, 2.24) is 5.32 Å². The van der Waals surface area contributed by atoms with Gasteiger partial charge in [0.1, 0.15) is 6.04 Å². The molecule has 5 nitrogen and oxygen atoms in total. The lowest BCUT2D eigenvalue weighted by Gasteiger charge is -2.16. The van der Waals surface area contributed by atoms with E-state index >= 15 is 0 Å². The van der Waals surface area contributed by atoms with E-state index in [-0.39, 0.29) is 12.3 Å². The molecule has 0 aliphatic heterocycles. The Hall–Kier alpha value is -1.04. The standard InChI is InChI=1S/C25H47NO4S/c1-4-6-8-10-12-14-16-18-23(27)26-22(20-21-31-3)25(29)30-24(28)19-17-15-13-11-9-7-5-2/h22H,4-21H2,1-3H3,(H,26,27)/t22-/m0/s1. The third-order valence-electron chi connectivity index (χ3n) is 5.44. The van der Waals surface area contributed by atoms with E-state index in [1.54, 1.807) is 11.8 Å². The van der Waals surface area contributed by atoms with Gasteiger partial charge in [-0.25, -0.2) is 4.79 Å². The van der Waals surface area contributed by atoms with E-state index < -0.39 is 18.0 Å². The Morgan fingerprint density at radius 1 is 0.742 bits per heavy atom. The van der Waals surface area contributed by atoms with Crippen molar-refractivity contribution in [2.24, 2.45) is 0 Å². The Labute approximate surface area is 195 Å². The summed E-state index contributed by atoms with van der Waals surface area (Å²) in [5, 5.41) is 2.79. The van der Waals surface area contributed by atoms with Gasteiger partial charge in [0, 0.05) is 12.8 Å². The Morgan fingerprint density at radius 3 is 1.74 bits per heavy atom. The molecule has 0 aromatic rings. The molecular formula is C25H47NO4S. The van der Waals surface area contributed by atoms with Crippen LogP contribution in [0.3, 0.4) is 0 Å². The monoisotopic (exact) mass is 457 g/mol. The number of rotatable bonds is 21. The smallest absolute Gasteiger partial charge is 0.336 e. The van der Waals surface area contributed by atoms with E-state index in [0.717, 1.165) is 44.3 Å². The molecule has 0 aromatic heterocycles. The van der Waals surface area contributed by atoms with Crippen LogP contribution in [0.15, 0.2) is 0 Å². The second-order valence-electron chi connectivity index (χ2n) is 8.44. The van der Waals surface area contributed by atoms with Crippen molar-refractivity contribution < 1.29 is 19.1 Å². The number of unbranched alkanes of at least 4 members (excludes halogenated alkanes) is 12. The third kappa shape index (κ3) is 19.4. The predicted molar refractivity (Wildman–Crippen MR) is 131 cm³/mol. The van der Waals surface area contributed by atoms with Crippen LogP contribution >= 0.6 is 11.8 Å². The number of carbonyl (C=O) groups is 3. The zero-order chi connectivity index (χ0) is 23.2. The number of ether oxygens (including phenoxy) is 1. The molecule has 0 heterocycles. The lowest BCUT2D eigenvalue weighted by Crippen LogP contribution is -2.42. The van der Waals surface area contributed by atoms with Crippen molar-refractivity contribution in [3.63, 3.8) is 0 Å². The quantitative estimate of drug-likeness (QED) is 0.120. The normalized spacial score (nSPS) is 11.8. The fraction of sp³-hybridized carbons (Fsp3) is 0.880. The molecule has 0 bridgehead atoms. The maximum absolute atomic E-state index is 12.4. The van der Waals surface area contributed by atoms with Crippen LogP contribution in [0.4, 0.5) is 0 Å². The number of esters is 2. The van der Waals surface area contributed by atoms with E-state index in [1.807, 2.05) is 6.26 Å². The van der Waals surface area contributed by atoms with Gasteiger partial charge in [-0.1, -0.05) is 90.9 Å². The van der Waals surface area contributed by atoms with Gasteiger partial charge in [0.15, 0.2) is 0 Å². The van der Waals surface area contributed by atoms with Crippen molar-refractivity contribution in [2.75, 3.05) is 12.0 Å². The van der Waals surface area contributed by atoms with Gasteiger partial charge in [-0.2, -0.15) is 11.8 Å². The zero-order valence-corrected chi connectivity index (χ0v) is 21.2. The number of hydrogen-bond acceptors (Lipinski definition) is 5. The molecule has 0 aliphatic rings. The van der Waals surface area contributed by atoms with Gasteiger partial charge in [-0.15, -0.1) is 0 Å². The number of nitrogens with one attached hydrogen (secondary N) is 1. The average molecular weight is 458 g/mol. The van der Waals surface area contributed by atoms with Crippen LogP contribution in [0.2, 0.25) is 0 Å². The maximum atomic E-state index is 12.4. The molecular weight excluding hydrogens is 410 g/mol. The summed E-state index contributed by atoms with van der Waals surface area (Å²) in [6, 6.07) is -0.734. The molecule has 1 atom stereocenters. The topological polar surface area (TPSA) is 72.5 Å². The second-order valence-corrected chi connectivity index (χ2v) is 9.42. The van der Waals surface area contributed by atoms with Crippen molar-refractivity contribution in [3.05, 3.63) is 0 Å². The number of carbonyl (C=O) groups excluding carboxylic acids is 3. The van der Waals surface area contributed by atoms with E-state index in [9.17, 15) is 14.4 Å². The van der Waals surface area contributed by atoms with Gasteiger partial charge in [0.2, 0.25) is 5.91 Å². The first-order valence-corrected chi connectivity index (χ1v) is 14.0. The SMILES string of the molecule is CCCCCCCCCC(=O)N[C@@H](CCSC)C(=O)OC(=O)CCCCCCCCC. The molecule has 0 unspecified atom stereocenters. The molecule has 0 saturated heterocycles. The Morgan fingerprint density at radius 2 is 1.23 bits per heavy atom. The van der Waals surface area contributed by atoms with Crippen LogP contribution in [-0.2, 0) is 19.1 Å². The summed E-state index contributed by atoms with van der Waals surface area (Å²) in [5.74, 6) is -0.497. The van der Waals surface area contributed by atoms with Crippen LogP contribution < -0.4 is 5.32 Å². The van der Waals surface area contributed by atoms with Crippen LogP contribution in [0, 0.1) is 0 Å². The van der Waals surface area contributed by atoms with E-state index in [2.05, 4.69) is 19.2 Å². The fourth-order valence-electron chi connectivity index (χ4n) is 3.45. The molecule has 0 rings (SSSR count). The van der Waals surface area contributed by atoms with Gasteiger partial charge in [-0.3, -0.25) is 9.59 Å². The molecule has 0 radical (unpaired) electrons. The van der Waals surface area contributed by atoms with Gasteiger partial charge in [0.05, 0.1) is 0 Å². The fourth-order valence-corrected chi connectivity index (χ4v) is 3.93. The maximum Gasteiger partial charge on any atom is 0.336 e. The lowest BCUT2D eigenvalue weighted by atomic mass is 10.1. The third-order valence-corrected chi connectivity index (χ3v) is 6.08. The van der Waals surface area contributed by atoms with E-state index in [1.165, 1.54) is 51.4 Å². The summed E-state index contributed by atoms with van der Waals surface area (Å²) in [7, 11) is 0. The molecule has 0 aromatic carbocycles. The summed E-state index contributed by atoms with van der Waals surface area (Å²) in [6.07, 6.45) is 18.9. The number of thioether (sulfide) groups is 1. The minimum atomic E-state index is -0.734. The van der Waals surface area contributed by atoms with Crippen LogP contribution in [0.1, 0.15) is 123 Å². The number of amides is 1. The Kier molecular flexibility index (Phi) is 21.4.